The van der Waals surface area contributed by atoms with Gasteiger partial charge < -0.3 is 0 Å². The second kappa shape index (κ2) is 3.76. The summed E-state index contributed by atoms with van der Waals surface area (Å²) in [4.78, 5) is 8.46. The number of halogens is 1. The van der Waals surface area contributed by atoms with Crippen molar-refractivity contribution in [1.82, 2.24) is 9.97 Å². The fourth-order valence-electron chi connectivity index (χ4n) is 1.22. The molecule has 0 aliphatic heterocycles. The van der Waals surface area contributed by atoms with E-state index in [2.05, 4.69) is 9.97 Å². The molecule has 0 atom stereocenters. The summed E-state index contributed by atoms with van der Waals surface area (Å²) in [5, 5.41) is 0.731. The van der Waals surface area contributed by atoms with Crippen molar-refractivity contribution in [3.8, 4) is 11.3 Å². The molecule has 0 aliphatic carbocycles. The molecule has 0 aliphatic rings. The lowest BCUT2D eigenvalue weighted by atomic mass is 10.2. The minimum Gasteiger partial charge on any atom is -0.261 e. The van der Waals surface area contributed by atoms with Gasteiger partial charge in [0.1, 0.15) is 0 Å². The molecule has 2 aromatic rings. The van der Waals surface area contributed by atoms with Crippen molar-refractivity contribution in [2.45, 2.75) is 6.92 Å². The molecule has 0 spiro atoms. The quantitative estimate of drug-likeness (QED) is 0.714. The fourth-order valence-corrected chi connectivity index (χ4v) is 1.35. The molecule has 3 heteroatoms. The van der Waals surface area contributed by atoms with Gasteiger partial charge in [-0.1, -0.05) is 23.7 Å². The highest BCUT2D eigenvalue weighted by molar-refractivity contribution is 6.30. The van der Waals surface area contributed by atoms with Crippen LogP contribution in [-0.4, -0.2) is 9.97 Å². The Morgan fingerprint density at radius 1 is 1.07 bits per heavy atom. The Kier molecular flexibility index (Phi) is 2.46. The molecule has 2 rings (SSSR count). The zero-order valence-electron chi connectivity index (χ0n) is 7.74. The lowest BCUT2D eigenvalue weighted by Crippen LogP contribution is -1.88. The van der Waals surface area contributed by atoms with Crippen LogP contribution in [0.3, 0.4) is 0 Å². The number of hydrogen-bond donors (Lipinski definition) is 0. The minimum atomic E-state index is 0.731. The summed E-state index contributed by atoms with van der Waals surface area (Å²) in [6, 6.07) is 7.57. The van der Waals surface area contributed by atoms with Crippen LogP contribution in [0.4, 0.5) is 0 Å². The standard InChI is InChI=1S/C11H9ClN2/c1-8-6-13-7-11(14-8)9-2-4-10(12)5-3-9/h2-7H,1H3. The largest absolute Gasteiger partial charge is 0.261 e. The van der Waals surface area contributed by atoms with E-state index in [4.69, 9.17) is 11.6 Å². The zero-order chi connectivity index (χ0) is 9.97. The Morgan fingerprint density at radius 2 is 1.79 bits per heavy atom. The molecular formula is C11H9ClN2. The van der Waals surface area contributed by atoms with Crippen molar-refractivity contribution < 1.29 is 0 Å². The van der Waals surface area contributed by atoms with Crippen LogP contribution in [-0.2, 0) is 0 Å². The molecule has 2 nitrogen and oxygen atoms in total. The Morgan fingerprint density at radius 3 is 2.43 bits per heavy atom. The molecule has 1 aromatic carbocycles. The number of aromatic nitrogens is 2. The Labute approximate surface area is 87.6 Å². The highest BCUT2D eigenvalue weighted by Gasteiger charge is 1.99. The second-order valence-corrected chi connectivity index (χ2v) is 3.49. The normalized spacial score (nSPS) is 10.1. The zero-order valence-corrected chi connectivity index (χ0v) is 8.49. The first-order valence-corrected chi connectivity index (χ1v) is 4.68. The van der Waals surface area contributed by atoms with Crippen molar-refractivity contribution in [2.24, 2.45) is 0 Å². The van der Waals surface area contributed by atoms with Gasteiger partial charge in [0, 0.05) is 16.8 Å². The molecule has 0 saturated heterocycles. The van der Waals surface area contributed by atoms with Crippen LogP contribution in [0, 0.1) is 6.92 Å². The van der Waals surface area contributed by atoms with Gasteiger partial charge in [-0.2, -0.15) is 0 Å². The van der Waals surface area contributed by atoms with Gasteiger partial charge in [-0.15, -0.1) is 0 Å². The van der Waals surface area contributed by atoms with Crippen LogP contribution in [0.25, 0.3) is 11.3 Å². The first-order valence-electron chi connectivity index (χ1n) is 4.30. The van der Waals surface area contributed by atoms with Crippen molar-refractivity contribution in [3.05, 3.63) is 47.4 Å². The number of aryl methyl sites for hydroxylation is 1. The molecular weight excluding hydrogens is 196 g/mol. The first kappa shape index (κ1) is 9.16. The van der Waals surface area contributed by atoms with Crippen molar-refractivity contribution in [2.75, 3.05) is 0 Å². The van der Waals surface area contributed by atoms with E-state index in [1.165, 1.54) is 0 Å². The molecule has 14 heavy (non-hydrogen) atoms. The second-order valence-electron chi connectivity index (χ2n) is 3.05. The molecule has 0 saturated carbocycles. The van der Waals surface area contributed by atoms with E-state index in [0.717, 1.165) is 22.0 Å². The van der Waals surface area contributed by atoms with Gasteiger partial charge in [-0.25, -0.2) is 4.98 Å². The van der Waals surface area contributed by atoms with Crippen molar-refractivity contribution in [3.63, 3.8) is 0 Å². The third kappa shape index (κ3) is 1.91. The summed E-state index contributed by atoms with van der Waals surface area (Å²) in [6.45, 7) is 1.92. The van der Waals surface area contributed by atoms with Gasteiger partial charge in [0.05, 0.1) is 17.6 Å². The van der Waals surface area contributed by atoms with E-state index in [1.54, 1.807) is 12.4 Å². The molecule has 70 valence electrons. The van der Waals surface area contributed by atoms with Gasteiger partial charge >= 0.3 is 0 Å². The molecule has 0 bridgehead atoms. The third-order valence-electron chi connectivity index (χ3n) is 1.89. The highest BCUT2D eigenvalue weighted by atomic mass is 35.5. The minimum absolute atomic E-state index is 0.731. The molecule has 1 heterocycles. The maximum Gasteiger partial charge on any atom is 0.0888 e. The molecule has 1 aromatic heterocycles. The highest BCUT2D eigenvalue weighted by Crippen LogP contribution is 2.18. The Hall–Kier alpha value is -1.41. The van der Waals surface area contributed by atoms with E-state index in [9.17, 15) is 0 Å². The SMILES string of the molecule is Cc1cncc(-c2ccc(Cl)cc2)n1. The Bertz CT molecular complexity index is 437. The van der Waals surface area contributed by atoms with Gasteiger partial charge in [0.15, 0.2) is 0 Å². The lowest BCUT2D eigenvalue weighted by molar-refractivity contribution is 1.12. The summed E-state index contributed by atoms with van der Waals surface area (Å²) < 4.78 is 0. The van der Waals surface area contributed by atoms with E-state index in [-0.39, 0.29) is 0 Å². The van der Waals surface area contributed by atoms with Crippen LogP contribution in [0.15, 0.2) is 36.7 Å². The summed E-state index contributed by atoms with van der Waals surface area (Å²) >= 11 is 5.79. The predicted molar refractivity (Wildman–Crippen MR) is 57.2 cm³/mol. The smallest absolute Gasteiger partial charge is 0.0888 e. The molecule has 0 fully saturated rings. The van der Waals surface area contributed by atoms with Crippen LogP contribution in [0.1, 0.15) is 5.69 Å². The van der Waals surface area contributed by atoms with Gasteiger partial charge in [0.25, 0.3) is 0 Å². The van der Waals surface area contributed by atoms with Crippen LogP contribution >= 0.6 is 11.6 Å². The monoisotopic (exact) mass is 204 g/mol. The molecule has 0 N–H and O–H groups in total. The predicted octanol–water partition coefficient (Wildman–Crippen LogP) is 3.11. The number of hydrogen-bond acceptors (Lipinski definition) is 2. The van der Waals surface area contributed by atoms with E-state index >= 15 is 0 Å². The maximum absolute atomic E-state index is 5.79. The molecule has 0 unspecified atom stereocenters. The van der Waals surface area contributed by atoms with Crippen molar-refractivity contribution >= 4 is 11.6 Å². The summed E-state index contributed by atoms with van der Waals surface area (Å²) in [7, 11) is 0. The van der Waals surface area contributed by atoms with Crippen LogP contribution in [0.2, 0.25) is 5.02 Å². The first-order chi connectivity index (χ1) is 6.75. The fraction of sp³-hybridized carbons (Fsp3) is 0.0909. The summed E-state index contributed by atoms with van der Waals surface area (Å²) in [5.41, 5.74) is 2.82. The number of nitrogens with zero attached hydrogens (tertiary/aromatic N) is 2. The van der Waals surface area contributed by atoms with Gasteiger partial charge in [-0.3, -0.25) is 4.98 Å². The van der Waals surface area contributed by atoms with Crippen LogP contribution in [0.5, 0.6) is 0 Å². The van der Waals surface area contributed by atoms with Gasteiger partial charge in [0.2, 0.25) is 0 Å². The summed E-state index contributed by atoms with van der Waals surface area (Å²) in [6.07, 6.45) is 3.48. The average molecular weight is 205 g/mol. The maximum atomic E-state index is 5.79. The Balaban J connectivity index is 2.44. The van der Waals surface area contributed by atoms with Gasteiger partial charge in [-0.05, 0) is 19.1 Å². The van der Waals surface area contributed by atoms with E-state index in [0.29, 0.717) is 0 Å². The lowest BCUT2D eigenvalue weighted by Gasteiger charge is -2.00. The number of benzene rings is 1. The molecule has 0 amide bonds. The van der Waals surface area contributed by atoms with E-state index < -0.39 is 0 Å². The van der Waals surface area contributed by atoms with Crippen molar-refractivity contribution in [1.29, 1.82) is 0 Å². The van der Waals surface area contributed by atoms with Crippen LogP contribution < -0.4 is 0 Å². The average Bonchev–Trinajstić information content (AvgIpc) is 2.19. The van der Waals surface area contributed by atoms with E-state index in [1.807, 2.05) is 31.2 Å². The molecule has 0 radical (unpaired) electrons. The summed E-state index contributed by atoms with van der Waals surface area (Å²) in [5.74, 6) is 0. The number of rotatable bonds is 1. The topological polar surface area (TPSA) is 25.8 Å². The third-order valence-corrected chi connectivity index (χ3v) is 2.15.